The molecule has 0 aromatic heterocycles. The van der Waals surface area contributed by atoms with Crippen LogP contribution in [0.25, 0.3) is 0 Å². The molecule has 2 N–H and O–H groups in total. The summed E-state index contributed by atoms with van der Waals surface area (Å²) in [7, 11) is 0. The maximum absolute atomic E-state index is 10.6. The SMILES string of the molecule is CC(C)(C)NCCNc1cccc([N+](=O)[O-])c1. The van der Waals surface area contributed by atoms with E-state index in [-0.39, 0.29) is 11.2 Å². The summed E-state index contributed by atoms with van der Waals surface area (Å²) in [5.74, 6) is 0. The van der Waals surface area contributed by atoms with E-state index in [4.69, 9.17) is 0 Å². The minimum atomic E-state index is -0.390. The Morgan fingerprint density at radius 3 is 2.59 bits per heavy atom. The molecule has 0 unspecified atom stereocenters. The van der Waals surface area contributed by atoms with Gasteiger partial charge in [-0.15, -0.1) is 0 Å². The largest absolute Gasteiger partial charge is 0.384 e. The Balaban J connectivity index is 2.42. The van der Waals surface area contributed by atoms with Gasteiger partial charge in [0.15, 0.2) is 0 Å². The van der Waals surface area contributed by atoms with Gasteiger partial charge in [-0.05, 0) is 26.8 Å². The molecule has 0 spiro atoms. The summed E-state index contributed by atoms with van der Waals surface area (Å²) in [6.07, 6.45) is 0. The summed E-state index contributed by atoms with van der Waals surface area (Å²) >= 11 is 0. The molecule has 1 rings (SSSR count). The van der Waals surface area contributed by atoms with Crippen LogP contribution < -0.4 is 10.6 Å². The minimum Gasteiger partial charge on any atom is -0.384 e. The molecule has 0 saturated carbocycles. The van der Waals surface area contributed by atoms with Gasteiger partial charge < -0.3 is 10.6 Å². The first-order valence-electron chi connectivity index (χ1n) is 5.62. The Morgan fingerprint density at radius 2 is 2.00 bits per heavy atom. The Hall–Kier alpha value is -1.62. The summed E-state index contributed by atoms with van der Waals surface area (Å²) in [5.41, 5.74) is 0.971. The van der Waals surface area contributed by atoms with Crippen LogP contribution >= 0.6 is 0 Å². The standard InChI is InChI=1S/C12H19N3O2/c1-12(2,3)14-8-7-13-10-5-4-6-11(9-10)15(16)17/h4-6,9,13-14H,7-8H2,1-3H3. The summed E-state index contributed by atoms with van der Waals surface area (Å²) in [6.45, 7) is 7.84. The number of hydrogen-bond acceptors (Lipinski definition) is 4. The Bertz CT molecular complexity index is 386. The van der Waals surface area contributed by atoms with Crippen molar-refractivity contribution in [1.29, 1.82) is 0 Å². The smallest absolute Gasteiger partial charge is 0.271 e. The molecule has 0 atom stereocenters. The molecular weight excluding hydrogens is 218 g/mol. The van der Waals surface area contributed by atoms with Crippen molar-refractivity contribution in [1.82, 2.24) is 5.32 Å². The fourth-order valence-electron chi connectivity index (χ4n) is 1.37. The van der Waals surface area contributed by atoms with Crippen molar-refractivity contribution in [3.05, 3.63) is 34.4 Å². The molecule has 0 radical (unpaired) electrons. The predicted molar refractivity (Wildman–Crippen MR) is 69.3 cm³/mol. The van der Waals surface area contributed by atoms with E-state index >= 15 is 0 Å². The number of nitrogens with zero attached hydrogens (tertiary/aromatic N) is 1. The van der Waals surface area contributed by atoms with Gasteiger partial charge in [0.1, 0.15) is 0 Å². The van der Waals surface area contributed by atoms with E-state index in [0.717, 1.165) is 18.8 Å². The van der Waals surface area contributed by atoms with Gasteiger partial charge >= 0.3 is 0 Å². The number of nitrogens with one attached hydrogen (secondary N) is 2. The molecule has 1 aromatic rings. The summed E-state index contributed by atoms with van der Waals surface area (Å²) in [5, 5.41) is 17.1. The van der Waals surface area contributed by atoms with Gasteiger partial charge in [0.25, 0.3) is 5.69 Å². The average Bonchev–Trinajstić information content (AvgIpc) is 2.23. The van der Waals surface area contributed by atoms with Crippen LogP contribution in [0.3, 0.4) is 0 Å². The third kappa shape index (κ3) is 5.31. The Labute approximate surface area is 101 Å². The fourth-order valence-corrected chi connectivity index (χ4v) is 1.37. The molecule has 0 amide bonds. The summed E-state index contributed by atoms with van der Waals surface area (Å²) in [4.78, 5) is 10.2. The molecule has 0 aliphatic carbocycles. The maximum atomic E-state index is 10.6. The quantitative estimate of drug-likeness (QED) is 0.469. The highest BCUT2D eigenvalue weighted by Crippen LogP contribution is 2.16. The molecule has 0 saturated heterocycles. The second-order valence-corrected chi connectivity index (χ2v) is 4.91. The maximum Gasteiger partial charge on any atom is 0.271 e. The van der Waals surface area contributed by atoms with Crippen LogP contribution in [0.2, 0.25) is 0 Å². The molecule has 17 heavy (non-hydrogen) atoms. The minimum absolute atomic E-state index is 0.0877. The Kier molecular flexibility index (Phi) is 4.45. The van der Waals surface area contributed by atoms with Crippen molar-refractivity contribution < 1.29 is 4.92 Å². The van der Waals surface area contributed by atoms with Gasteiger partial charge in [0, 0.05) is 36.4 Å². The molecule has 94 valence electrons. The average molecular weight is 237 g/mol. The van der Waals surface area contributed by atoms with Gasteiger partial charge in [-0.1, -0.05) is 6.07 Å². The van der Waals surface area contributed by atoms with Crippen LogP contribution in [0.4, 0.5) is 11.4 Å². The van der Waals surface area contributed by atoms with Crippen molar-refractivity contribution >= 4 is 11.4 Å². The predicted octanol–water partition coefficient (Wildman–Crippen LogP) is 2.39. The van der Waals surface area contributed by atoms with Crippen molar-refractivity contribution in [3.8, 4) is 0 Å². The van der Waals surface area contributed by atoms with Crippen molar-refractivity contribution in [2.75, 3.05) is 18.4 Å². The lowest BCUT2D eigenvalue weighted by Gasteiger charge is -2.20. The molecule has 1 aromatic carbocycles. The van der Waals surface area contributed by atoms with E-state index in [1.807, 2.05) is 6.07 Å². The van der Waals surface area contributed by atoms with E-state index in [2.05, 4.69) is 31.4 Å². The van der Waals surface area contributed by atoms with Crippen LogP contribution in [0, 0.1) is 10.1 Å². The highest BCUT2D eigenvalue weighted by molar-refractivity contribution is 5.50. The normalized spacial score (nSPS) is 11.2. The highest BCUT2D eigenvalue weighted by Gasteiger charge is 2.08. The lowest BCUT2D eigenvalue weighted by atomic mass is 10.1. The number of nitro groups is 1. The van der Waals surface area contributed by atoms with Crippen molar-refractivity contribution in [2.24, 2.45) is 0 Å². The third-order valence-corrected chi connectivity index (χ3v) is 2.17. The summed E-state index contributed by atoms with van der Waals surface area (Å²) < 4.78 is 0. The molecule has 0 bridgehead atoms. The number of hydrogen-bond donors (Lipinski definition) is 2. The van der Waals surface area contributed by atoms with Gasteiger partial charge in [0.05, 0.1) is 4.92 Å². The van der Waals surface area contributed by atoms with Gasteiger partial charge in [-0.2, -0.15) is 0 Å². The van der Waals surface area contributed by atoms with Crippen LogP contribution in [0.1, 0.15) is 20.8 Å². The molecular formula is C12H19N3O2. The first-order valence-corrected chi connectivity index (χ1v) is 5.62. The van der Waals surface area contributed by atoms with E-state index in [1.54, 1.807) is 6.07 Å². The Morgan fingerprint density at radius 1 is 1.29 bits per heavy atom. The van der Waals surface area contributed by atoms with Crippen LogP contribution in [-0.4, -0.2) is 23.6 Å². The van der Waals surface area contributed by atoms with Crippen molar-refractivity contribution in [2.45, 2.75) is 26.3 Å². The first kappa shape index (κ1) is 13.4. The molecule has 5 heteroatoms. The number of benzene rings is 1. The number of nitro benzene ring substituents is 1. The van der Waals surface area contributed by atoms with E-state index in [0.29, 0.717) is 0 Å². The lowest BCUT2D eigenvalue weighted by molar-refractivity contribution is -0.384. The van der Waals surface area contributed by atoms with Crippen LogP contribution in [-0.2, 0) is 0 Å². The lowest BCUT2D eigenvalue weighted by Crippen LogP contribution is -2.38. The zero-order valence-corrected chi connectivity index (χ0v) is 10.5. The first-order chi connectivity index (χ1) is 7.88. The third-order valence-electron chi connectivity index (χ3n) is 2.17. The topological polar surface area (TPSA) is 67.2 Å². The fraction of sp³-hybridized carbons (Fsp3) is 0.500. The van der Waals surface area contributed by atoms with Gasteiger partial charge in [-0.25, -0.2) is 0 Å². The number of non-ortho nitro benzene ring substituents is 1. The molecule has 0 fully saturated rings. The summed E-state index contributed by atoms with van der Waals surface area (Å²) in [6, 6.07) is 6.53. The molecule has 0 aliphatic heterocycles. The molecule has 0 heterocycles. The number of rotatable bonds is 5. The zero-order chi connectivity index (χ0) is 12.9. The second-order valence-electron chi connectivity index (χ2n) is 4.91. The van der Waals surface area contributed by atoms with Gasteiger partial charge in [-0.3, -0.25) is 10.1 Å². The second kappa shape index (κ2) is 5.63. The van der Waals surface area contributed by atoms with Gasteiger partial charge in [0.2, 0.25) is 0 Å². The highest BCUT2D eigenvalue weighted by atomic mass is 16.6. The van der Waals surface area contributed by atoms with E-state index in [1.165, 1.54) is 12.1 Å². The monoisotopic (exact) mass is 237 g/mol. The van der Waals surface area contributed by atoms with Crippen LogP contribution in [0.15, 0.2) is 24.3 Å². The zero-order valence-electron chi connectivity index (χ0n) is 10.5. The molecule has 0 aliphatic rings. The molecule has 5 nitrogen and oxygen atoms in total. The number of anilines is 1. The van der Waals surface area contributed by atoms with E-state index in [9.17, 15) is 10.1 Å². The van der Waals surface area contributed by atoms with Crippen molar-refractivity contribution in [3.63, 3.8) is 0 Å². The van der Waals surface area contributed by atoms with E-state index < -0.39 is 4.92 Å². The van der Waals surface area contributed by atoms with Crippen LogP contribution in [0.5, 0.6) is 0 Å².